The first-order chi connectivity index (χ1) is 14.4. The first-order valence-electron chi connectivity index (χ1n) is 11.2. The molecule has 0 amide bonds. The third kappa shape index (κ3) is 2.66. The largest absolute Gasteiger partial charge is 0.378 e. The lowest BCUT2D eigenvalue weighted by molar-refractivity contribution is 0.418. The Labute approximate surface area is 180 Å². The predicted molar refractivity (Wildman–Crippen MR) is 126 cm³/mol. The van der Waals surface area contributed by atoms with Gasteiger partial charge in [-0.3, -0.25) is 0 Å². The second-order valence-corrected chi connectivity index (χ2v) is 9.33. The summed E-state index contributed by atoms with van der Waals surface area (Å²) in [5.41, 5.74) is 21.6. The van der Waals surface area contributed by atoms with Crippen molar-refractivity contribution in [3.8, 4) is 0 Å². The lowest BCUT2D eigenvalue weighted by Gasteiger charge is -2.40. The van der Waals surface area contributed by atoms with E-state index in [0.717, 1.165) is 6.42 Å². The minimum atomic E-state index is 0.316. The van der Waals surface area contributed by atoms with Gasteiger partial charge in [-0.1, -0.05) is 36.4 Å². The van der Waals surface area contributed by atoms with Crippen LogP contribution in [0.4, 0.5) is 5.69 Å². The Morgan fingerprint density at radius 3 is 2.20 bits per heavy atom. The molecule has 0 fully saturated rings. The maximum absolute atomic E-state index is 6.00. The summed E-state index contributed by atoms with van der Waals surface area (Å²) in [5, 5.41) is 3.99. The van der Waals surface area contributed by atoms with Crippen molar-refractivity contribution in [2.75, 3.05) is 5.32 Å². The highest BCUT2D eigenvalue weighted by Gasteiger charge is 2.44. The van der Waals surface area contributed by atoms with E-state index in [9.17, 15) is 0 Å². The zero-order valence-corrected chi connectivity index (χ0v) is 18.8. The van der Waals surface area contributed by atoms with Crippen LogP contribution in [0.5, 0.6) is 0 Å². The first-order valence-corrected chi connectivity index (χ1v) is 11.2. The summed E-state index contributed by atoms with van der Waals surface area (Å²) in [6, 6.07) is 16.1. The number of benzene rings is 3. The Balaban J connectivity index is 1.74. The summed E-state index contributed by atoms with van der Waals surface area (Å²) in [7, 11) is 0. The molecule has 3 N–H and O–H groups in total. The summed E-state index contributed by atoms with van der Waals surface area (Å²) in [4.78, 5) is 0. The van der Waals surface area contributed by atoms with Gasteiger partial charge < -0.3 is 11.1 Å². The Hall–Kier alpha value is -2.58. The van der Waals surface area contributed by atoms with E-state index >= 15 is 0 Å². The van der Waals surface area contributed by atoms with Crippen molar-refractivity contribution in [1.29, 1.82) is 0 Å². The average Bonchev–Trinajstić information content (AvgIpc) is 3.16. The molecule has 2 nitrogen and oxygen atoms in total. The maximum Gasteiger partial charge on any atom is 0.0559 e. The summed E-state index contributed by atoms with van der Waals surface area (Å²) in [5.74, 6) is 0.941. The number of rotatable bonds is 2. The molecule has 0 saturated heterocycles. The van der Waals surface area contributed by atoms with E-state index < -0.39 is 0 Å². The summed E-state index contributed by atoms with van der Waals surface area (Å²) >= 11 is 0. The molecular weight excluding hydrogens is 364 g/mol. The van der Waals surface area contributed by atoms with Crippen LogP contribution < -0.4 is 11.1 Å². The van der Waals surface area contributed by atoms with E-state index in [0.29, 0.717) is 24.4 Å². The second kappa shape index (κ2) is 6.99. The van der Waals surface area contributed by atoms with Crippen LogP contribution in [0.3, 0.4) is 0 Å². The summed E-state index contributed by atoms with van der Waals surface area (Å²) < 4.78 is 0. The average molecular weight is 397 g/mol. The molecule has 0 radical (unpaired) electrons. The summed E-state index contributed by atoms with van der Waals surface area (Å²) in [6.45, 7) is 12.0. The van der Waals surface area contributed by atoms with Gasteiger partial charge in [0.1, 0.15) is 0 Å². The Kier molecular flexibility index (Phi) is 4.52. The van der Waals surface area contributed by atoms with Gasteiger partial charge in [0, 0.05) is 18.2 Å². The SMILES string of the molecule is Cc1c(C)c(C)c(C2Nc3ccc(CN)cc3C3c4ccccc4CC23)c(C)c1C. The van der Waals surface area contributed by atoms with Crippen LogP contribution in [0.1, 0.15) is 67.6 Å². The Morgan fingerprint density at radius 2 is 1.50 bits per heavy atom. The minimum absolute atomic E-state index is 0.316. The molecule has 1 heterocycles. The molecule has 154 valence electrons. The standard InChI is InChI=1S/C28H32N2/c1-15-16(2)18(4)26(19(5)17(15)3)28-24-13-21-8-6-7-9-22(21)27(24)23-12-20(14-29)10-11-25(23)30-28/h6-12,24,27-28,30H,13-14,29H2,1-5H3. The summed E-state index contributed by atoms with van der Waals surface area (Å²) in [6.07, 6.45) is 1.12. The van der Waals surface area contributed by atoms with Crippen LogP contribution in [0.15, 0.2) is 42.5 Å². The molecule has 0 saturated carbocycles. The molecular formula is C28H32N2. The van der Waals surface area contributed by atoms with Crippen LogP contribution in [0, 0.1) is 40.5 Å². The van der Waals surface area contributed by atoms with E-state index in [2.05, 4.69) is 82.4 Å². The van der Waals surface area contributed by atoms with Crippen LogP contribution >= 0.6 is 0 Å². The third-order valence-electron chi connectivity index (χ3n) is 8.07. The van der Waals surface area contributed by atoms with Crippen molar-refractivity contribution in [3.63, 3.8) is 0 Å². The highest BCUT2D eigenvalue weighted by atomic mass is 15.0. The van der Waals surface area contributed by atoms with E-state index in [1.54, 1.807) is 0 Å². The van der Waals surface area contributed by atoms with Gasteiger partial charge in [0.05, 0.1) is 6.04 Å². The van der Waals surface area contributed by atoms with Crippen molar-refractivity contribution < 1.29 is 0 Å². The third-order valence-corrected chi connectivity index (χ3v) is 8.07. The molecule has 3 atom stereocenters. The molecule has 2 aliphatic rings. The number of hydrogen-bond donors (Lipinski definition) is 2. The van der Waals surface area contributed by atoms with Crippen LogP contribution in [0.25, 0.3) is 0 Å². The first kappa shape index (κ1) is 19.4. The van der Waals surface area contributed by atoms with Crippen LogP contribution in [-0.2, 0) is 13.0 Å². The topological polar surface area (TPSA) is 38.0 Å². The van der Waals surface area contributed by atoms with Gasteiger partial charge in [0.2, 0.25) is 0 Å². The zero-order chi connectivity index (χ0) is 21.2. The van der Waals surface area contributed by atoms with Gasteiger partial charge in [0.15, 0.2) is 0 Å². The zero-order valence-electron chi connectivity index (χ0n) is 18.8. The Bertz CT molecular complexity index is 1130. The predicted octanol–water partition coefficient (Wildman–Crippen LogP) is 6.16. The number of anilines is 1. The van der Waals surface area contributed by atoms with Crippen molar-refractivity contribution >= 4 is 5.69 Å². The van der Waals surface area contributed by atoms with Crippen molar-refractivity contribution in [2.45, 2.75) is 59.5 Å². The fourth-order valence-corrected chi connectivity index (χ4v) is 6.02. The fraction of sp³-hybridized carbons (Fsp3) is 0.357. The molecule has 3 aromatic rings. The van der Waals surface area contributed by atoms with Gasteiger partial charge in [-0.25, -0.2) is 0 Å². The molecule has 1 aliphatic heterocycles. The van der Waals surface area contributed by atoms with Crippen molar-refractivity contribution in [1.82, 2.24) is 0 Å². The van der Waals surface area contributed by atoms with Crippen molar-refractivity contribution in [3.05, 3.63) is 98.1 Å². The quantitative estimate of drug-likeness (QED) is 0.544. The number of nitrogens with two attached hydrogens (primary N) is 1. The van der Waals surface area contributed by atoms with Gasteiger partial charge in [-0.2, -0.15) is 0 Å². The van der Waals surface area contributed by atoms with Gasteiger partial charge in [0.25, 0.3) is 0 Å². The van der Waals surface area contributed by atoms with Crippen LogP contribution in [0.2, 0.25) is 0 Å². The van der Waals surface area contributed by atoms with E-state index in [4.69, 9.17) is 5.73 Å². The minimum Gasteiger partial charge on any atom is -0.378 e. The molecule has 5 rings (SSSR count). The normalized spacial score (nSPS) is 21.6. The molecule has 3 aromatic carbocycles. The van der Waals surface area contributed by atoms with Gasteiger partial charge in [-0.05, 0) is 109 Å². The lowest BCUT2D eigenvalue weighted by Crippen LogP contribution is -2.32. The highest BCUT2D eigenvalue weighted by Crippen LogP contribution is 2.55. The molecule has 3 unspecified atom stereocenters. The number of nitrogens with one attached hydrogen (secondary N) is 1. The Morgan fingerprint density at radius 1 is 0.833 bits per heavy atom. The molecule has 1 aliphatic carbocycles. The van der Waals surface area contributed by atoms with Crippen LogP contribution in [-0.4, -0.2) is 0 Å². The van der Waals surface area contributed by atoms with E-state index in [1.807, 2.05) is 0 Å². The molecule has 0 spiro atoms. The number of fused-ring (bicyclic) bond motifs is 5. The molecule has 2 heteroatoms. The fourth-order valence-electron chi connectivity index (χ4n) is 6.02. The molecule has 30 heavy (non-hydrogen) atoms. The number of hydrogen-bond acceptors (Lipinski definition) is 2. The molecule has 0 aromatic heterocycles. The highest BCUT2D eigenvalue weighted by molar-refractivity contribution is 5.65. The van der Waals surface area contributed by atoms with E-state index in [1.165, 1.54) is 61.3 Å². The monoisotopic (exact) mass is 396 g/mol. The van der Waals surface area contributed by atoms with Crippen molar-refractivity contribution in [2.24, 2.45) is 11.7 Å². The van der Waals surface area contributed by atoms with Gasteiger partial charge in [-0.15, -0.1) is 0 Å². The van der Waals surface area contributed by atoms with Gasteiger partial charge >= 0.3 is 0 Å². The lowest BCUT2D eigenvalue weighted by atomic mass is 9.72. The molecule has 0 bridgehead atoms. The maximum atomic E-state index is 6.00. The smallest absolute Gasteiger partial charge is 0.0559 e. The second-order valence-electron chi connectivity index (χ2n) is 9.33. The van der Waals surface area contributed by atoms with E-state index in [-0.39, 0.29) is 0 Å².